The molecule has 20 heavy (non-hydrogen) atoms. The minimum absolute atomic E-state index is 0.0493. The molecule has 0 aliphatic carbocycles. The van der Waals surface area contributed by atoms with Crippen LogP contribution in [0.5, 0.6) is 5.75 Å². The molecule has 1 N–H and O–H groups in total. The third kappa shape index (κ3) is 3.49. The van der Waals surface area contributed by atoms with Crippen LogP contribution in [0.1, 0.15) is 11.1 Å². The van der Waals surface area contributed by atoms with Gasteiger partial charge in [-0.3, -0.25) is 4.79 Å². The van der Waals surface area contributed by atoms with Crippen molar-refractivity contribution < 1.29 is 14.3 Å². The normalized spacial score (nSPS) is 18.6. The lowest BCUT2D eigenvalue weighted by Crippen LogP contribution is -2.51. The maximum Gasteiger partial charge on any atom is 0.242 e. The topological polar surface area (TPSA) is 50.8 Å². The first kappa shape index (κ1) is 14.8. The van der Waals surface area contributed by atoms with E-state index in [2.05, 4.69) is 5.32 Å². The number of nitrogens with zero attached hydrogens (tertiary/aromatic N) is 1. The Morgan fingerprint density at radius 1 is 1.55 bits per heavy atom. The average Bonchev–Trinajstić information content (AvgIpc) is 2.47. The van der Waals surface area contributed by atoms with Crippen LogP contribution in [0.2, 0.25) is 0 Å². The molecule has 1 aromatic carbocycles. The van der Waals surface area contributed by atoms with Crippen LogP contribution in [0.15, 0.2) is 18.2 Å². The number of carbonyl (C=O) groups is 1. The van der Waals surface area contributed by atoms with E-state index in [-0.39, 0.29) is 11.9 Å². The van der Waals surface area contributed by atoms with E-state index in [0.29, 0.717) is 19.8 Å². The number of ether oxygens (including phenoxy) is 2. The average molecular weight is 278 g/mol. The van der Waals surface area contributed by atoms with E-state index in [1.165, 1.54) is 0 Å². The summed E-state index contributed by atoms with van der Waals surface area (Å²) in [5.41, 5.74) is 2.17. The van der Waals surface area contributed by atoms with E-state index in [4.69, 9.17) is 9.47 Å². The number of amides is 1. The number of nitrogens with one attached hydrogen (secondary N) is 1. The first-order valence-corrected chi connectivity index (χ1v) is 6.81. The standard InChI is InChI=1S/C15H22N2O3/c1-11-4-5-14(19-3)12(8-11)9-17(2)15(18)13-10-20-7-6-16-13/h4-5,8,13,16H,6-7,9-10H2,1-3H3. The molecule has 1 heterocycles. The van der Waals surface area contributed by atoms with Gasteiger partial charge < -0.3 is 19.7 Å². The molecule has 1 amide bonds. The van der Waals surface area contributed by atoms with Gasteiger partial charge in [0.05, 0.1) is 20.3 Å². The van der Waals surface area contributed by atoms with Crippen LogP contribution in [-0.2, 0) is 16.1 Å². The Kier molecular flexibility index (Phi) is 4.98. The molecule has 0 saturated carbocycles. The molecule has 1 aliphatic rings. The summed E-state index contributed by atoms with van der Waals surface area (Å²) in [6.07, 6.45) is 0. The Hall–Kier alpha value is -1.59. The monoisotopic (exact) mass is 278 g/mol. The zero-order chi connectivity index (χ0) is 14.5. The van der Waals surface area contributed by atoms with Crippen LogP contribution in [0.4, 0.5) is 0 Å². The molecule has 1 saturated heterocycles. The van der Waals surface area contributed by atoms with Crippen LogP contribution < -0.4 is 10.1 Å². The summed E-state index contributed by atoms with van der Waals surface area (Å²) in [6.45, 7) is 4.38. The third-order valence-electron chi connectivity index (χ3n) is 3.44. The van der Waals surface area contributed by atoms with Gasteiger partial charge >= 0.3 is 0 Å². The number of rotatable bonds is 4. The molecule has 0 radical (unpaired) electrons. The van der Waals surface area contributed by atoms with Gasteiger partial charge in [0.1, 0.15) is 11.8 Å². The molecule has 2 rings (SSSR count). The highest BCUT2D eigenvalue weighted by Crippen LogP contribution is 2.21. The maximum absolute atomic E-state index is 12.3. The van der Waals surface area contributed by atoms with Crippen LogP contribution in [0.3, 0.4) is 0 Å². The highest BCUT2D eigenvalue weighted by Gasteiger charge is 2.24. The number of methoxy groups -OCH3 is 1. The smallest absolute Gasteiger partial charge is 0.242 e. The molecular formula is C15H22N2O3. The fourth-order valence-corrected chi connectivity index (χ4v) is 2.35. The summed E-state index contributed by atoms with van der Waals surface area (Å²) in [6, 6.07) is 5.74. The summed E-state index contributed by atoms with van der Waals surface area (Å²) < 4.78 is 10.7. The number of benzene rings is 1. The predicted molar refractivity (Wildman–Crippen MR) is 76.8 cm³/mol. The number of likely N-dealkylation sites (N-methyl/N-ethyl adjacent to an activating group) is 1. The fraction of sp³-hybridized carbons (Fsp3) is 0.533. The van der Waals surface area contributed by atoms with E-state index in [1.54, 1.807) is 19.1 Å². The second-order valence-corrected chi connectivity index (χ2v) is 5.09. The van der Waals surface area contributed by atoms with Crippen LogP contribution >= 0.6 is 0 Å². The summed E-state index contributed by atoms with van der Waals surface area (Å²) in [4.78, 5) is 14.0. The van der Waals surface area contributed by atoms with Gasteiger partial charge in [-0.25, -0.2) is 0 Å². The van der Waals surface area contributed by atoms with E-state index < -0.39 is 0 Å². The van der Waals surface area contributed by atoms with E-state index in [9.17, 15) is 4.79 Å². The van der Waals surface area contributed by atoms with Crippen LogP contribution in [0, 0.1) is 6.92 Å². The molecule has 1 aliphatic heterocycles. The van der Waals surface area contributed by atoms with Gasteiger partial charge in [0.15, 0.2) is 0 Å². The van der Waals surface area contributed by atoms with E-state index in [0.717, 1.165) is 23.4 Å². The molecule has 1 atom stereocenters. The third-order valence-corrected chi connectivity index (χ3v) is 3.44. The molecular weight excluding hydrogens is 256 g/mol. The Balaban J connectivity index is 2.04. The lowest BCUT2D eigenvalue weighted by molar-refractivity contribution is -0.135. The van der Waals surface area contributed by atoms with E-state index >= 15 is 0 Å². The van der Waals surface area contributed by atoms with Crippen molar-refractivity contribution >= 4 is 5.91 Å². The Morgan fingerprint density at radius 2 is 2.35 bits per heavy atom. The maximum atomic E-state index is 12.3. The Bertz CT molecular complexity index is 470. The van der Waals surface area contributed by atoms with Crippen molar-refractivity contribution in [2.24, 2.45) is 0 Å². The summed E-state index contributed by atoms with van der Waals surface area (Å²) >= 11 is 0. The fourth-order valence-electron chi connectivity index (χ4n) is 2.35. The Morgan fingerprint density at radius 3 is 3.00 bits per heavy atom. The van der Waals surface area contributed by atoms with E-state index in [1.807, 2.05) is 25.1 Å². The molecule has 1 unspecified atom stereocenters. The van der Waals surface area contributed by atoms with Gasteiger partial charge in [-0.2, -0.15) is 0 Å². The van der Waals surface area contributed by atoms with Crippen molar-refractivity contribution in [2.75, 3.05) is 33.9 Å². The molecule has 0 bridgehead atoms. The van der Waals surface area contributed by atoms with Crippen molar-refractivity contribution in [3.63, 3.8) is 0 Å². The van der Waals surface area contributed by atoms with Crippen molar-refractivity contribution in [2.45, 2.75) is 19.5 Å². The quantitative estimate of drug-likeness (QED) is 0.891. The molecule has 1 aromatic rings. The number of morpholine rings is 1. The van der Waals surface area contributed by atoms with Gasteiger partial charge in [-0.15, -0.1) is 0 Å². The molecule has 110 valence electrons. The summed E-state index contributed by atoms with van der Waals surface area (Å²) in [7, 11) is 3.45. The van der Waals surface area contributed by atoms with Crippen LogP contribution in [-0.4, -0.2) is 50.8 Å². The minimum Gasteiger partial charge on any atom is -0.496 e. The summed E-state index contributed by atoms with van der Waals surface area (Å²) in [5.74, 6) is 0.858. The second-order valence-electron chi connectivity index (χ2n) is 5.09. The first-order chi connectivity index (χ1) is 9.61. The van der Waals surface area contributed by atoms with Gasteiger partial charge in [0, 0.05) is 25.7 Å². The number of hydrogen-bond donors (Lipinski definition) is 1. The molecule has 5 heteroatoms. The molecule has 0 aromatic heterocycles. The minimum atomic E-state index is -0.246. The van der Waals surface area contributed by atoms with Gasteiger partial charge in [-0.05, 0) is 13.0 Å². The van der Waals surface area contributed by atoms with Crippen molar-refractivity contribution in [3.8, 4) is 5.75 Å². The van der Waals surface area contributed by atoms with Gasteiger partial charge in [0.25, 0.3) is 0 Å². The molecule has 5 nitrogen and oxygen atoms in total. The largest absolute Gasteiger partial charge is 0.496 e. The Labute approximate surface area is 119 Å². The SMILES string of the molecule is COc1ccc(C)cc1CN(C)C(=O)C1COCCN1. The summed E-state index contributed by atoms with van der Waals surface area (Å²) in [5, 5.41) is 3.18. The number of carbonyl (C=O) groups excluding carboxylic acids is 1. The predicted octanol–water partition coefficient (Wildman–Crippen LogP) is 0.950. The lowest BCUT2D eigenvalue weighted by Gasteiger charge is -2.28. The van der Waals surface area contributed by atoms with Crippen LogP contribution in [0.25, 0.3) is 0 Å². The number of hydrogen-bond acceptors (Lipinski definition) is 4. The number of aryl methyl sites for hydroxylation is 1. The van der Waals surface area contributed by atoms with Crippen molar-refractivity contribution in [1.82, 2.24) is 10.2 Å². The van der Waals surface area contributed by atoms with Crippen molar-refractivity contribution in [1.29, 1.82) is 0 Å². The molecule has 1 fully saturated rings. The second kappa shape index (κ2) is 6.72. The highest BCUT2D eigenvalue weighted by molar-refractivity contribution is 5.82. The van der Waals surface area contributed by atoms with Crippen molar-refractivity contribution in [3.05, 3.63) is 29.3 Å². The van der Waals surface area contributed by atoms with Gasteiger partial charge in [-0.1, -0.05) is 17.7 Å². The zero-order valence-electron chi connectivity index (χ0n) is 12.3. The van der Waals surface area contributed by atoms with Gasteiger partial charge in [0.2, 0.25) is 5.91 Å². The molecule has 0 spiro atoms. The first-order valence-electron chi connectivity index (χ1n) is 6.81. The highest BCUT2D eigenvalue weighted by atomic mass is 16.5. The lowest BCUT2D eigenvalue weighted by atomic mass is 10.1. The zero-order valence-corrected chi connectivity index (χ0v) is 12.3.